The topological polar surface area (TPSA) is 19.4 Å². The van der Waals surface area contributed by atoms with E-state index in [0.717, 1.165) is 24.6 Å². The van der Waals surface area contributed by atoms with Crippen LogP contribution in [0.4, 0.5) is 5.82 Å². The van der Waals surface area contributed by atoms with Crippen LogP contribution in [0.1, 0.15) is 43.9 Å². The van der Waals surface area contributed by atoms with Gasteiger partial charge < -0.3 is 9.80 Å². The number of likely N-dealkylation sites (N-methyl/N-ethyl adjacent to an activating group) is 1. The van der Waals surface area contributed by atoms with Crippen LogP contribution in [-0.2, 0) is 5.88 Å². The van der Waals surface area contributed by atoms with E-state index in [4.69, 9.17) is 16.6 Å². The largest absolute Gasteiger partial charge is 0.352 e. The first-order valence-corrected chi connectivity index (χ1v) is 8.03. The lowest BCUT2D eigenvalue weighted by atomic mass is 10.1. The SMILES string of the molecule is CC(C)c1cc(CCl)cc(N2CCCC2CN(C)C)n1. The van der Waals surface area contributed by atoms with Crippen molar-refractivity contribution in [3.63, 3.8) is 0 Å². The van der Waals surface area contributed by atoms with Gasteiger partial charge in [0.05, 0.1) is 0 Å². The van der Waals surface area contributed by atoms with Crippen LogP contribution in [0.2, 0.25) is 0 Å². The van der Waals surface area contributed by atoms with E-state index in [1.54, 1.807) is 0 Å². The lowest BCUT2D eigenvalue weighted by Crippen LogP contribution is -2.38. The normalized spacial score (nSPS) is 19.4. The fourth-order valence-electron chi connectivity index (χ4n) is 2.86. The molecule has 0 bridgehead atoms. The number of anilines is 1. The number of halogens is 1. The molecule has 1 aromatic rings. The average molecular weight is 296 g/mol. The summed E-state index contributed by atoms with van der Waals surface area (Å²) in [6, 6.07) is 4.87. The van der Waals surface area contributed by atoms with Gasteiger partial charge in [0.2, 0.25) is 0 Å². The second-order valence-corrected chi connectivity index (χ2v) is 6.57. The highest BCUT2D eigenvalue weighted by Gasteiger charge is 2.26. The molecular weight excluding hydrogens is 270 g/mol. The molecule has 2 rings (SSSR count). The van der Waals surface area contributed by atoms with E-state index in [2.05, 4.69) is 49.9 Å². The average Bonchev–Trinajstić information content (AvgIpc) is 2.85. The minimum absolute atomic E-state index is 0.437. The number of hydrogen-bond donors (Lipinski definition) is 0. The van der Waals surface area contributed by atoms with Gasteiger partial charge in [0.15, 0.2) is 0 Å². The highest BCUT2D eigenvalue weighted by Crippen LogP contribution is 2.27. The minimum Gasteiger partial charge on any atom is -0.352 e. The Bertz CT molecular complexity index is 445. The molecule has 0 radical (unpaired) electrons. The van der Waals surface area contributed by atoms with Crippen molar-refractivity contribution in [2.45, 2.75) is 44.5 Å². The molecule has 1 aliphatic heterocycles. The van der Waals surface area contributed by atoms with E-state index < -0.39 is 0 Å². The molecule has 0 aromatic carbocycles. The fraction of sp³-hybridized carbons (Fsp3) is 0.688. The standard InChI is InChI=1S/C16H26ClN3/c1-12(2)15-8-13(10-17)9-16(18-15)20-7-5-6-14(20)11-19(3)4/h8-9,12,14H,5-7,10-11H2,1-4H3. The summed E-state index contributed by atoms with van der Waals surface area (Å²) in [6.45, 7) is 6.56. The molecule has 1 unspecified atom stereocenters. The number of pyridine rings is 1. The van der Waals surface area contributed by atoms with Gasteiger partial charge in [0.25, 0.3) is 0 Å². The Balaban J connectivity index is 2.28. The first kappa shape index (κ1) is 15.6. The van der Waals surface area contributed by atoms with Crippen LogP contribution in [0.15, 0.2) is 12.1 Å². The van der Waals surface area contributed by atoms with Crippen molar-refractivity contribution < 1.29 is 0 Å². The molecule has 1 aliphatic rings. The lowest BCUT2D eigenvalue weighted by Gasteiger charge is -2.29. The van der Waals surface area contributed by atoms with Crippen LogP contribution >= 0.6 is 11.6 Å². The van der Waals surface area contributed by atoms with Gasteiger partial charge in [-0.25, -0.2) is 4.98 Å². The smallest absolute Gasteiger partial charge is 0.129 e. The molecule has 1 saturated heterocycles. The highest BCUT2D eigenvalue weighted by molar-refractivity contribution is 6.17. The molecule has 1 atom stereocenters. The van der Waals surface area contributed by atoms with Crippen LogP contribution in [-0.4, -0.2) is 43.1 Å². The van der Waals surface area contributed by atoms with Crippen molar-refractivity contribution in [2.24, 2.45) is 0 Å². The predicted octanol–water partition coefficient (Wildman–Crippen LogP) is 3.47. The first-order valence-electron chi connectivity index (χ1n) is 7.49. The van der Waals surface area contributed by atoms with Gasteiger partial charge in [0.1, 0.15) is 5.82 Å². The maximum Gasteiger partial charge on any atom is 0.129 e. The first-order chi connectivity index (χ1) is 9.51. The zero-order valence-electron chi connectivity index (χ0n) is 13.1. The lowest BCUT2D eigenvalue weighted by molar-refractivity contribution is 0.371. The monoisotopic (exact) mass is 295 g/mol. The molecule has 20 heavy (non-hydrogen) atoms. The summed E-state index contributed by atoms with van der Waals surface area (Å²) in [7, 11) is 4.28. The third-order valence-corrected chi connectivity index (χ3v) is 4.19. The highest BCUT2D eigenvalue weighted by atomic mass is 35.5. The van der Waals surface area contributed by atoms with Gasteiger partial charge in [-0.05, 0) is 50.6 Å². The third-order valence-electron chi connectivity index (χ3n) is 3.88. The molecule has 0 saturated carbocycles. The quantitative estimate of drug-likeness (QED) is 0.775. The molecule has 2 heterocycles. The van der Waals surface area contributed by atoms with E-state index in [1.807, 2.05) is 0 Å². The van der Waals surface area contributed by atoms with Gasteiger partial charge in [-0.2, -0.15) is 0 Å². The van der Waals surface area contributed by atoms with Crippen LogP contribution in [0.25, 0.3) is 0 Å². The van der Waals surface area contributed by atoms with Gasteiger partial charge in [-0.3, -0.25) is 0 Å². The van der Waals surface area contributed by atoms with Crippen molar-refractivity contribution in [1.82, 2.24) is 9.88 Å². The Hall–Kier alpha value is -0.800. The van der Waals surface area contributed by atoms with Crippen molar-refractivity contribution in [2.75, 3.05) is 32.1 Å². The summed E-state index contributed by atoms with van der Waals surface area (Å²) in [5.41, 5.74) is 2.32. The molecule has 3 nitrogen and oxygen atoms in total. The molecule has 112 valence electrons. The van der Waals surface area contributed by atoms with Crippen molar-refractivity contribution in [3.05, 3.63) is 23.4 Å². The fourth-order valence-corrected chi connectivity index (χ4v) is 3.02. The molecule has 0 N–H and O–H groups in total. The second-order valence-electron chi connectivity index (χ2n) is 6.30. The van der Waals surface area contributed by atoms with E-state index >= 15 is 0 Å². The summed E-state index contributed by atoms with van der Waals surface area (Å²) in [5.74, 6) is 2.10. The minimum atomic E-state index is 0.437. The van der Waals surface area contributed by atoms with E-state index in [-0.39, 0.29) is 0 Å². The van der Waals surface area contributed by atoms with E-state index in [1.165, 1.54) is 18.4 Å². The molecule has 1 aromatic heterocycles. The van der Waals surface area contributed by atoms with Crippen LogP contribution in [0.3, 0.4) is 0 Å². The van der Waals surface area contributed by atoms with Crippen LogP contribution in [0, 0.1) is 0 Å². The van der Waals surface area contributed by atoms with Crippen molar-refractivity contribution in [1.29, 1.82) is 0 Å². The Morgan fingerprint density at radius 3 is 2.75 bits per heavy atom. The number of rotatable bonds is 5. The Kier molecular flexibility index (Phi) is 5.28. The zero-order valence-corrected chi connectivity index (χ0v) is 13.8. The van der Waals surface area contributed by atoms with Crippen molar-refractivity contribution >= 4 is 17.4 Å². The molecular formula is C16H26ClN3. The summed E-state index contributed by atoms with van der Waals surface area (Å²) in [6.07, 6.45) is 2.50. The maximum absolute atomic E-state index is 6.05. The second kappa shape index (κ2) is 6.77. The summed E-state index contributed by atoms with van der Waals surface area (Å²) in [4.78, 5) is 9.59. The van der Waals surface area contributed by atoms with Gasteiger partial charge >= 0.3 is 0 Å². The Morgan fingerprint density at radius 1 is 1.40 bits per heavy atom. The molecule has 4 heteroatoms. The summed E-state index contributed by atoms with van der Waals surface area (Å²) >= 11 is 6.05. The number of nitrogens with zero attached hydrogens (tertiary/aromatic N) is 3. The van der Waals surface area contributed by atoms with Crippen LogP contribution in [0.5, 0.6) is 0 Å². The summed E-state index contributed by atoms with van der Waals surface area (Å²) in [5, 5.41) is 0. The number of hydrogen-bond acceptors (Lipinski definition) is 3. The van der Waals surface area contributed by atoms with E-state index in [9.17, 15) is 0 Å². The maximum atomic E-state index is 6.05. The third kappa shape index (κ3) is 3.64. The van der Waals surface area contributed by atoms with Gasteiger partial charge in [0, 0.05) is 30.7 Å². The predicted molar refractivity (Wildman–Crippen MR) is 86.8 cm³/mol. The molecule has 1 fully saturated rings. The summed E-state index contributed by atoms with van der Waals surface area (Å²) < 4.78 is 0. The Labute approximate surface area is 127 Å². The molecule has 0 amide bonds. The van der Waals surface area contributed by atoms with Gasteiger partial charge in [-0.1, -0.05) is 13.8 Å². The Morgan fingerprint density at radius 2 is 2.15 bits per heavy atom. The molecule has 0 aliphatic carbocycles. The van der Waals surface area contributed by atoms with E-state index in [0.29, 0.717) is 17.8 Å². The number of aromatic nitrogens is 1. The molecule has 0 spiro atoms. The number of alkyl halides is 1. The zero-order chi connectivity index (χ0) is 14.7. The van der Waals surface area contributed by atoms with Gasteiger partial charge in [-0.15, -0.1) is 11.6 Å². The van der Waals surface area contributed by atoms with Crippen molar-refractivity contribution in [3.8, 4) is 0 Å². The van der Waals surface area contributed by atoms with Crippen LogP contribution < -0.4 is 4.90 Å².